The summed E-state index contributed by atoms with van der Waals surface area (Å²) in [5.41, 5.74) is 3.13. The van der Waals surface area contributed by atoms with Crippen LogP contribution in [0.5, 0.6) is 0 Å². The number of anilines is 1. The van der Waals surface area contributed by atoms with Gasteiger partial charge in [-0.2, -0.15) is 0 Å². The van der Waals surface area contributed by atoms with Crippen molar-refractivity contribution in [1.29, 1.82) is 0 Å². The summed E-state index contributed by atoms with van der Waals surface area (Å²) in [5.74, 6) is 0.120. The molecule has 3 nitrogen and oxygen atoms in total. The molecule has 1 unspecified atom stereocenters. The Morgan fingerprint density at radius 3 is 2.36 bits per heavy atom. The monoisotopic (exact) mass is 294 g/mol. The van der Waals surface area contributed by atoms with Gasteiger partial charge in [0.25, 0.3) is 0 Å². The third-order valence-corrected chi connectivity index (χ3v) is 4.63. The SMILES string of the molecule is CNC1C(=O)N(c2ccccc2)Cc2ccccc2C1(C)C. The van der Waals surface area contributed by atoms with Gasteiger partial charge in [0.15, 0.2) is 0 Å². The smallest absolute Gasteiger partial charge is 0.245 e. The Labute approximate surface area is 132 Å². The van der Waals surface area contributed by atoms with Gasteiger partial charge in [0, 0.05) is 11.1 Å². The Morgan fingerprint density at radius 2 is 1.68 bits per heavy atom. The molecule has 0 fully saturated rings. The van der Waals surface area contributed by atoms with Crippen molar-refractivity contribution >= 4 is 11.6 Å². The lowest BCUT2D eigenvalue weighted by Gasteiger charge is -2.33. The van der Waals surface area contributed by atoms with Crippen LogP contribution in [0.25, 0.3) is 0 Å². The van der Waals surface area contributed by atoms with Crippen molar-refractivity contribution in [2.24, 2.45) is 0 Å². The molecule has 2 aromatic rings. The number of likely N-dealkylation sites (N-methyl/N-ethyl adjacent to an activating group) is 1. The van der Waals surface area contributed by atoms with E-state index in [4.69, 9.17) is 0 Å². The number of benzene rings is 2. The highest BCUT2D eigenvalue weighted by Gasteiger charge is 2.42. The lowest BCUT2D eigenvalue weighted by Crippen LogP contribution is -2.52. The first-order chi connectivity index (χ1) is 10.6. The average molecular weight is 294 g/mol. The minimum Gasteiger partial charge on any atom is -0.308 e. The van der Waals surface area contributed by atoms with Crippen molar-refractivity contribution in [1.82, 2.24) is 5.32 Å². The van der Waals surface area contributed by atoms with Crippen molar-refractivity contribution in [2.75, 3.05) is 11.9 Å². The quantitative estimate of drug-likeness (QED) is 0.923. The predicted molar refractivity (Wildman–Crippen MR) is 89.9 cm³/mol. The molecule has 3 rings (SSSR count). The lowest BCUT2D eigenvalue weighted by atomic mass is 9.76. The number of para-hydroxylation sites is 1. The van der Waals surface area contributed by atoms with E-state index >= 15 is 0 Å². The normalized spacial score (nSPS) is 20.4. The molecule has 22 heavy (non-hydrogen) atoms. The zero-order chi connectivity index (χ0) is 15.7. The van der Waals surface area contributed by atoms with Gasteiger partial charge in [0.1, 0.15) is 0 Å². The third kappa shape index (κ3) is 2.32. The molecular formula is C19H22N2O. The molecule has 1 N–H and O–H groups in total. The highest BCUT2D eigenvalue weighted by Crippen LogP contribution is 2.36. The van der Waals surface area contributed by atoms with Crippen molar-refractivity contribution < 1.29 is 4.79 Å². The van der Waals surface area contributed by atoms with Crippen LogP contribution in [0.15, 0.2) is 54.6 Å². The topological polar surface area (TPSA) is 32.3 Å². The molecule has 0 saturated heterocycles. The maximum Gasteiger partial charge on any atom is 0.245 e. The van der Waals surface area contributed by atoms with E-state index in [2.05, 4.69) is 37.4 Å². The average Bonchev–Trinajstić information content (AvgIpc) is 2.61. The largest absolute Gasteiger partial charge is 0.308 e. The molecule has 2 aromatic carbocycles. The summed E-state index contributed by atoms with van der Waals surface area (Å²) in [6.07, 6.45) is 0. The van der Waals surface area contributed by atoms with Crippen LogP contribution in [0.1, 0.15) is 25.0 Å². The molecule has 114 valence electrons. The maximum absolute atomic E-state index is 13.1. The van der Waals surface area contributed by atoms with E-state index in [-0.39, 0.29) is 17.4 Å². The molecular weight excluding hydrogens is 272 g/mol. The molecule has 1 aliphatic heterocycles. The van der Waals surface area contributed by atoms with Gasteiger partial charge in [-0.1, -0.05) is 56.3 Å². The van der Waals surface area contributed by atoms with Crippen LogP contribution in [0.2, 0.25) is 0 Å². The summed E-state index contributed by atoms with van der Waals surface area (Å²) in [5, 5.41) is 3.23. The van der Waals surface area contributed by atoms with Crippen LogP contribution in [-0.4, -0.2) is 19.0 Å². The van der Waals surface area contributed by atoms with Crippen LogP contribution in [0, 0.1) is 0 Å². The summed E-state index contributed by atoms with van der Waals surface area (Å²) in [6, 6.07) is 18.0. The van der Waals surface area contributed by atoms with Crippen LogP contribution in [0.4, 0.5) is 5.69 Å². The second kappa shape index (κ2) is 5.58. The number of fused-ring (bicyclic) bond motifs is 1. The maximum atomic E-state index is 13.1. The fourth-order valence-electron chi connectivity index (χ4n) is 3.47. The minimum absolute atomic E-state index is 0.120. The first-order valence-corrected chi connectivity index (χ1v) is 7.68. The Kier molecular flexibility index (Phi) is 3.75. The number of hydrogen-bond donors (Lipinski definition) is 1. The summed E-state index contributed by atoms with van der Waals surface area (Å²) < 4.78 is 0. The fourth-order valence-corrected chi connectivity index (χ4v) is 3.47. The van der Waals surface area contributed by atoms with E-state index in [0.717, 1.165) is 5.69 Å². The molecule has 0 spiro atoms. The fraction of sp³-hybridized carbons (Fsp3) is 0.316. The van der Waals surface area contributed by atoms with Gasteiger partial charge in [-0.15, -0.1) is 0 Å². The summed E-state index contributed by atoms with van der Waals surface area (Å²) in [7, 11) is 1.86. The predicted octanol–water partition coefficient (Wildman–Crippen LogP) is 3.10. The zero-order valence-electron chi connectivity index (χ0n) is 13.3. The first-order valence-electron chi connectivity index (χ1n) is 7.68. The highest BCUT2D eigenvalue weighted by atomic mass is 16.2. The van der Waals surface area contributed by atoms with Gasteiger partial charge >= 0.3 is 0 Å². The minimum atomic E-state index is -0.258. The molecule has 1 aliphatic rings. The molecule has 0 bridgehead atoms. The summed E-state index contributed by atoms with van der Waals surface area (Å²) in [6.45, 7) is 4.89. The Bertz CT molecular complexity index is 679. The van der Waals surface area contributed by atoms with Crippen LogP contribution in [-0.2, 0) is 16.8 Å². The zero-order valence-corrected chi connectivity index (χ0v) is 13.3. The molecule has 1 amide bonds. The van der Waals surface area contributed by atoms with Crippen molar-refractivity contribution in [3.8, 4) is 0 Å². The number of hydrogen-bond acceptors (Lipinski definition) is 2. The second-order valence-corrected chi connectivity index (χ2v) is 6.36. The van der Waals surface area contributed by atoms with E-state index in [1.165, 1.54) is 11.1 Å². The summed E-state index contributed by atoms with van der Waals surface area (Å²) >= 11 is 0. The highest BCUT2D eigenvalue weighted by molar-refractivity contribution is 5.99. The molecule has 3 heteroatoms. The molecule has 0 aliphatic carbocycles. The Balaban J connectivity index is 2.15. The van der Waals surface area contributed by atoms with E-state index < -0.39 is 0 Å². The van der Waals surface area contributed by atoms with Gasteiger partial charge < -0.3 is 10.2 Å². The standard InChI is InChI=1S/C19H22N2O/c1-19(2)16-12-8-7-9-14(16)13-21(18(22)17(19)20-3)15-10-5-4-6-11-15/h4-12,17,20H,13H2,1-3H3. The molecule has 0 saturated carbocycles. The number of amides is 1. The molecule has 1 heterocycles. The van der Waals surface area contributed by atoms with Gasteiger partial charge in [0.2, 0.25) is 5.91 Å². The first kappa shape index (κ1) is 14.8. The second-order valence-electron chi connectivity index (χ2n) is 6.36. The van der Waals surface area contributed by atoms with Crippen molar-refractivity contribution in [2.45, 2.75) is 31.8 Å². The third-order valence-electron chi connectivity index (χ3n) is 4.63. The van der Waals surface area contributed by atoms with Crippen LogP contribution >= 0.6 is 0 Å². The van der Waals surface area contributed by atoms with E-state index in [0.29, 0.717) is 6.54 Å². The van der Waals surface area contributed by atoms with Gasteiger partial charge in [-0.05, 0) is 30.3 Å². The molecule has 1 atom stereocenters. The number of nitrogens with zero attached hydrogens (tertiary/aromatic N) is 1. The van der Waals surface area contributed by atoms with Gasteiger partial charge in [0.05, 0.1) is 12.6 Å². The number of carbonyl (C=O) groups is 1. The van der Waals surface area contributed by atoms with Crippen molar-refractivity contribution in [3.05, 3.63) is 65.7 Å². The van der Waals surface area contributed by atoms with E-state index in [1.807, 2.05) is 48.3 Å². The van der Waals surface area contributed by atoms with Crippen LogP contribution < -0.4 is 10.2 Å². The number of rotatable bonds is 2. The summed E-state index contributed by atoms with van der Waals surface area (Å²) in [4.78, 5) is 15.0. The van der Waals surface area contributed by atoms with Crippen molar-refractivity contribution in [3.63, 3.8) is 0 Å². The van der Waals surface area contributed by atoms with E-state index in [9.17, 15) is 4.79 Å². The number of nitrogens with one attached hydrogen (secondary N) is 1. The van der Waals surface area contributed by atoms with Gasteiger partial charge in [-0.3, -0.25) is 4.79 Å². The van der Waals surface area contributed by atoms with Crippen LogP contribution in [0.3, 0.4) is 0 Å². The number of carbonyl (C=O) groups excluding carboxylic acids is 1. The molecule has 0 aromatic heterocycles. The Morgan fingerprint density at radius 1 is 1.05 bits per heavy atom. The lowest BCUT2D eigenvalue weighted by molar-refractivity contribution is -0.121. The van der Waals surface area contributed by atoms with Gasteiger partial charge in [-0.25, -0.2) is 0 Å². The Hall–Kier alpha value is -2.13. The molecule has 0 radical (unpaired) electrons. The van der Waals surface area contributed by atoms with E-state index in [1.54, 1.807) is 0 Å².